The molecule has 0 aliphatic carbocycles. The fourth-order valence-electron chi connectivity index (χ4n) is 1.16. The summed E-state index contributed by atoms with van der Waals surface area (Å²) in [6, 6.07) is -0.855. The summed E-state index contributed by atoms with van der Waals surface area (Å²) < 4.78 is 17.4. The van der Waals surface area contributed by atoms with Crippen molar-refractivity contribution in [1.82, 2.24) is 5.32 Å². The Morgan fingerprint density at radius 3 is 2.00 bits per heavy atom. The highest BCUT2D eigenvalue weighted by molar-refractivity contribution is 5.83. The lowest BCUT2D eigenvalue weighted by Gasteiger charge is -2.25. The normalized spacial score (nSPS) is 14.7. The quantitative estimate of drug-likeness (QED) is 0.779. The summed E-state index contributed by atoms with van der Waals surface area (Å²) in [5.74, 6) is -1.05. The van der Waals surface area contributed by atoms with E-state index >= 15 is 0 Å². The van der Waals surface area contributed by atoms with E-state index in [1.807, 2.05) is 0 Å². The lowest BCUT2D eigenvalue weighted by molar-refractivity contribution is -0.164. The Kier molecular flexibility index (Phi) is 5.14. The van der Waals surface area contributed by atoms with Gasteiger partial charge in [-0.3, -0.25) is 9.59 Å². The number of hydrogen-bond donors (Lipinski definition) is 1. The zero-order chi connectivity index (χ0) is 15.3. The SMILES string of the molecule is [2H]CN[C@@H](CC(=O)OC(C)(C)C)C(=O)OC(C)(C)C. The molecule has 106 valence electrons. The monoisotopic (exact) mass is 260 g/mol. The maximum absolute atomic E-state index is 11.9. The molecule has 5 heteroatoms. The molecule has 5 nitrogen and oxygen atoms in total. The number of carbonyl (C=O) groups excluding carboxylic acids is 2. The van der Waals surface area contributed by atoms with E-state index in [0.29, 0.717) is 0 Å². The smallest absolute Gasteiger partial charge is 0.324 e. The highest BCUT2D eigenvalue weighted by atomic mass is 16.6. The number of likely N-dealkylation sites (N-methyl/N-ethyl adjacent to an activating group) is 1. The summed E-state index contributed by atoms with van der Waals surface area (Å²) in [6.07, 6.45) is -0.148. The first-order valence-electron chi connectivity index (χ1n) is 6.62. The first-order valence-corrected chi connectivity index (χ1v) is 5.92. The van der Waals surface area contributed by atoms with Crippen LogP contribution in [0.25, 0.3) is 0 Å². The Bertz CT molecular complexity index is 318. The van der Waals surface area contributed by atoms with Crippen LogP contribution in [0.4, 0.5) is 0 Å². The number of rotatable bonds is 4. The van der Waals surface area contributed by atoms with Crippen molar-refractivity contribution < 1.29 is 20.4 Å². The van der Waals surface area contributed by atoms with Gasteiger partial charge in [0.25, 0.3) is 0 Å². The second kappa shape index (κ2) is 6.18. The molecule has 0 unspecified atom stereocenters. The van der Waals surface area contributed by atoms with Crippen molar-refractivity contribution in [2.24, 2.45) is 0 Å². The minimum absolute atomic E-state index is 0.148. The summed E-state index contributed by atoms with van der Waals surface area (Å²) in [6.45, 7) is 10.5. The minimum Gasteiger partial charge on any atom is -0.460 e. The Labute approximate surface area is 111 Å². The van der Waals surface area contributed by atoms with Gasteiger partial charge in [-0.15, -0.1) is 0 Å². The van der Waals surface area contributed by atoms with Crippen molar-refractivity contribution in [2.45, 2.75) is 65.2 Å². The zero-order valence-electron chi connectivity index (χ0n) is 13.1. The molecule has 0 aromatic carbocycles. The van der Waals surface area contributed by atoms with E-state index in [2.05, 4.69) is 5.32 Å². The van der Waals surface area contributed by atoms with Gasteiger partial charge in [-0.05, 0) is 48.6 Å². The molecule has 0 amide bonds. The van der Waals surface area contributed by atoms with Crippen molar-refractivity contribution >= 4 is 11.9 Å². The Balaban J connectivity index is 4.57. The van der Waals surface area contributed by atoms with Gasteiger partial charge in [0.1, 0.15) is 17.2 Å². The molecule has 0 aliphatic rings. The molecule has 18 heavy (non-hydrogen) atoms. The molecular weight excluding hydrogens is 234 g/mol. The van der Waals surface area contributed by atoms with Gasteiger partial charge in [0.2, 0.25) is 0 Å². The Morgan fingerprint density at radius 1 is 1.11 bits per heavy atom. The van der Waals surface area contributed by atoms with Gasteiger partial charge in [0, 0.05) is 1.37 Å². The minimum atomic E-state index is -0.855. The fraction of sp³-hybridized carbons (Fsp3) is 0.846. The number of nitrogens with one attached hydrogen (secondary N) is 1. The summed E-state index contributed by atoms with van der Waals surface area (Å²) in [7, 11) is -0.174. The molecule has 1 atom stereocenters. The van der Waals surface area contributed by atoms with Crippen LogP contribution in [-0.2, 0) is 19.1 Å². The highest BCUT2D eigenvalue weighted by Crippen LogP contribution is 2.12. The van der Waals surface area contributed by atoms with Crippen molar-refractivity contribution in [1.29, 1.82) is 0 Å². The third-order valence-electron chi connectivity index (χ3n) is 1.73. The van der Waals surface area contributed by atoms with E-state index in [9.17, 15) is 9.59 Å². The molecule has 0 saturated carbocycles. The van der Waals surface area contributed by atoms with E-state index in [-0.39, 0.29) is 13.4 Å². The first kappa shape index (κ1) is 15.0. The van der Waals surface area contributed by atoms with Crippen LogP contribution in [0.1, 0.15) is 49.3 Å². The van der Waals surface area contributed by atoms with Crippen LogP contribution in [0.5, 0.6) is 0 Å². The molecule has 0 saturated heterocycles. The van der Waals surface area contributed by atoms with E-state index in [4.69, 9.17) is 10.8 Å². The average molecular weight is 260 g/mol. The number of esters is 2. The largest absolute Gasteiger partial charge is 0.460 e. The second-order valence-electron chi connectivity index (χ2n) is 6.08. The van der Waals surface area contributed by atoms with Crippen LogP contribution in [0, 0.1) is 0 Å². The molecular formula is C13H25NO4. The third kappa shape index (κ3) is 8.06. The number of hydrogen-bond acceptors (Lipinski definition) is 5. The molecule has 1 N–H and O–H groups in total. The van der Waals surface area contributed by atoms with Crippen LogP contribution in [-0.4, -0.2) is 36.2 Å². The number of carbonyl (C=O) groups is 2. The molecule has 0 bridgehead atoms. The van der Waals surface area contributed by atoms with Gasteiger partial charge in [0.15, 0.2) is 0 Å². The van der Waals surface area contributed by atoms with Crippen LogP contribution in [0.2, 0.25) is 0 Å². The predicted molar refractivity (Wildman–Crippen MR) is 69.2 cm³/mol. The standard InChI is InChI=1S/C13H25NO4/c1-12(2,3)17-10(15)8-9(14-7)11(16)18-13(4,5)6/h9,14H,8H2,1-7H3/t9-/m0/s1/i7D. The Morgan fingerprint density at radius 2 is 1.61 bits per heavy atom. The molecule has 0 fully saturated rings. The Hall–Kier alpha value is -1.10. The third-order valence-corrected chi connectivity index (χ3v) is 1.73. The molecule has 0 spiro atoms. The van der Waals surface area contributed by atoms with Crippen LogP contribution < -0.4 is 5.32 Å². The maximum Gasteiger partial charge on any atom is 0.324 e. The van der Waals surface area contributed by atoms with E-state index in [1.54, 1.807) is 41.5 Å². The van der Waals surface area contributed by atoms with Crippen LogP contribution >= 0.6 is 0 Å². The first-order chi connectivity index (χ1) is 8.44. The van der Waals surface area contributed by atoms with Crippen LogP contribution in [0.3, 0.4) is 0 Å². The number of ether oxygens (including phenoxy) is 2. The van der Waals surface area contributed by atoms with Crippen molar-refractivity contribution in [3.63, 3.8) is 0 Å². The topological polar surface area (TPSA) is 64.6 Å². The van der Waals surface area contributed by atoms with Gasteiger partial charge < -0.3 is 14.8 Å². The van der Waals surface area contributed by atoms with Gasteiger partial charge >= 0.3 is 11.9 Å². The van der Waals surface area contributed by atoms with Crippen molar-refractivity contribution in [3.05, 3.63) is 0 Å². The van der Waals surface area contributed by atoms with Gasteiger partial charge in [0.05, 0.1) is 6.42 Å². The highest BCUT2D eigenvalue weighted by Gasteiger charge is 2.28. The summed E-state index contributed by atoms with van der Waals surface area (Å²) in [5, 5.41) is 2.61. The maximum atomic E-state index is 11.9. The predicted octanol–water partition coefficient (Wildman–Crippen LogP) is 1.65. The average Bonchev–Trinajstić information content (AvgIpc) is 2.10. The van der Waals surface area contributed by atoms with Crippen molar-refractivity contribution in [2.75, 3.05) is 7.02 Å². The molecule has 0 aromatic rings. The zero-order valence-corrected chi connectivity index (χ0v) is 12.1. The van der Waals surface area contributed by atoms with Gasteiger partial charge in [-0.2, -0.15) is 0 Å². The molecule has 0 aromatic heterocycles. The fourth-order valence-corrected chi connectivity index (χ4v) is 1.16. The van der Waals surface area contributed by atoms with E-state index in [1.165, 1.54) is 0 Å². The summed E-state index contributed by atoms with van der Waals surface area (Å²) in [5.41, 5.74) is -1.23. The molecule has 0 aliphatic heterocycles. The molecule has 0 rings (SSSR count). The summed E-state index contributed by atoms with van der Waals surface area (Å²) in [4.78, 5) is 23.6. The van der Waals surface area contributed by atoms with Crippen molar-refractivity contribution in [3.8, 4) is 0 Å². The van der Waals surface area contributed by atoms with E-state index in [0.717, 1.165) is 0 Å². The van der Waals surface area contributed by atoms with Gasteiger partial charge in [-0.1, -0.05) is 0 Å². The van der Waals surface area contributed by atoms with Crippen LogP contribution in [0.15, 0.2) is 0 Å². The molecule has 0 radical (unpaired) electrons. The molecule has 0 heterocycles. The van der Waals surface area contributed by atoms with Gasteiger partial charge in [-0.25, -0.2) is 0 Å². The van der Waals surface area contributed by atoms with E-state index < -0.39 is 29.2 Å². The second-order valence-corrected chi connectivity index (χ2v) is 6.08. The lowest BCUT2D eigenvalue weighted by atomic mass is 10.1. The lowest BCUT2D eigenvalue weighted by Crippen LogP contribution is -2.42. The summed E-state index contributed by atoms with van der Waals surface area (Å²) >= 11 is 0.